The number of carbonyl (C=O) groups is 1. The van der Waals surface area contributed by atoms with E-state index >= 15 is 0 Å². The van der Waals surface area contributed by atoms with E-state index in [1.807, 2.05) is 0 Å². The molecule has 0 unspecified atom stereocenters. The molecular weight excluding hydrogens is 240 g/mol. The molecule has 1 aromatic rings. The number of halogens is 4. The lowest BCUT2D eigenvalue weighted by Crippen LogP contribution is -2.18. The van der Waals surface area contributed by atoms with Gasteiger partial charge >= 0.3 is 6.36 Å². The number of alkyl halides is 3. The van der Waals surface area contributed by atoms with Crippen molar-refractivity contribution in [1.82, 2.24) is 0 Å². The van der Waals surface area contributed by atoms with Crippen molar-refractivity contribution in [3.63, 3.8) is 0 Å². The van der Waals surface area contributed by atoms with Crippen LogP contribution in [0.4, 0.5) is 17.6 Å². The van der Waals surface area contributed by atoms with Crippen molar-refractivity contribution < 1.29 is 27.1 Å². The number of ether oxygens (including phenoxy) is 1. The van der Waals surface area contributed by atoms with E-state index in [4.69, 9.17) is 0 Å². The first kappa shape index (κ1) is 13.5. The van der Waals surface area contributed by atoms with Crippen LogP contribution in [0.2, 0.25) is 0 Å². The molecule has 0 aliphatic rings. The Hall–Kier alpha value is -1.59. The number of hydrogen-bond acceptors (Lipinski definition) is 2. The van der Waals surface area contributed by atoms with Crippen LogP contribution in [0.15, 0.2) is 18.2 Å². The van der Waals surface area contributed by atoms with Crippen molar-refractivity contribution in [2.24, 2.45) is 5.92 Å². The van der Waals surface area contributed by atoms with Crippen LogP contribution in [-0.2, 0) is 0 Å². The Bertz CT molecular complexity index is 424. The van der Waals surface area contributed by atoms with Gasteiger partial charge in [-0.2, -0.15) is 0 Å². The molecule has 6 heteroatoms. The van der Waals surface area contributed by atoms with Crippen LogP contribution in [0.5, 0.6) is 5.75 Å². The number of Topliss-reactive ketones (excluding diaryl/α,β-unsaturated/α-hetero) is 1. The summed E-state index contributed by atoms with van der Waals surface area (Å²) in [6, 6.07) is 2.35. The fourth-order valence-electron chi connectivity index (χ4n) is 1.20. The van der Waals surface area contributed by atoms with E-state index in [2.05, 4.69) is 4.74 Å². The molecule has 0 aliphatic carbocycles. The zero-order chi connectivity index (χ0) is 13.2. The molecule has 0 saturated heterocycles. The van der Waals surface area contributed by atoms with Crippen LogP contribution in [-0.4, -0.2) is 12.1 Å². The molecule has 0 saturated carbocycles. The fraction of sp³-hybridized carbons (Fsp3) is 0.364. The predicted molar refractivity (Wildman–Crippen MR) is 52.3 cm³/mol. The molecule has 0 atom stereocenters. The number of ketones is 1. The summed E-state index contributed by atoms with van der Waals surface area (Å²) in [4.78, 5) is 11.5. The molecule has 0 aliphatic heterocycles. The summed E-state index contributed by atoms with van der Waals surface area (Å²) in [5.41, 5.74) is -0.401. The topological polar surface area (TPSA) is 26.3 Å². The van der Waals surface area contributed by atoms with Gasteiger partial charge in [0.1, 0.15) is 11.6 Å². The van der Waals surface area contributed by atoms with Gasteiger partial charge in [-0.25, -0.2) is 4.39 Å². The van der Waals surface area contributed by atoms with Crippen molar-refractivity contribution in [2.75, 3.05) is 0 Å². The first-order chi connectivity index (χ1) is 7.70. The third-order valence-electron chi connectivity index (χ3n) is 1.96. The van der Waals surface area contributed by atoms with Crippen LogP contribution >= 0.6 is 0 Å². The summed E-state index contributed by atoms with van der Waals surface area (Å²) in [5.74, 6) is -2.55. The molecule has 2 nitrogen and oxygen atoms in total. The minimum Gasteiger partial charge on any atom is -0.406 e. The van der Waals surface area contributed by atoms with Gasteiger partial charge in [-0.15, -0.1) is 13.2 Å². The second kappa shape index (κ2) is 4.73. The molecule has 1 rings (SSSR count). The lowest BCUT2D eigenvalue weighted by molar-refractivity contribution is -0.274. The minimum absolute atomic E-state index is 0.401. The first-order valence-corrected chi connectivity index (χ1v) is 4.80. The van der Waals surface area contributed by atoms with Gasteiger partial charge in [-0.1, -0.05) is 13.8 Å². The van der Waals surface area contributed by atoms with Gasteiger partial charge in [0.25, 0.3) is 0 Å². The summed E-state index contributed by atoms with van der Waals surface area (Å²) in [6.45, 7) is 3.05. The van der Waals surface area contributed by atoms with E-state index < -0.39 is 35.2 Å². The number of rotatable bonds is 3. The van der Waals surface area contributed by atoms with Crippen LogP contribution < -0.4 is 4.74 Å². The van der Waals surface area contributed by atoms with E-state index in [0.29, 0.717) is 0 Å². The molecule has 0 spiro atoms. The van der Waals surface area contributed by atoms with Gasteiger partial charge in [-0.05, 0) is 18.2 Å². The summed E-state index contributed by atoms with van der Waals surface area (Å²) in [7, 11) is 0. The predicted octanol–water partition coefficient (Wildman–Crippen LogP) is 3.56. The second-order valence-corrected chi connectivity index (χ2v) is 3.71. The van der Waals surface area contributed by atoms with Crippen molar-refractivity contribution in [3.05, 3.63) is 29.6 Å². The zero-order valence-electron chi connectivity index (χ0n) is 9.14. The third kappa shape index (κ3) is 3.72. The number of benzene rings is 1. The molecular formula is C11H10F4O2. The van der Waals surface area contributed by atoms with Gasteiger partial charge in [0.05, 0.1) is 5.56 Å². The molecule has 0 amide bonds. The highest BCUT2D eigenvalue weighted by atomic mass is 19.4. The molecule has 0 aromatic heterocycles. The smallest absolute Gasteiger partial charge is 0.406 e. The van der Waals surface area contributed by atoms with Crippen LogP contribution in [0, 0.1) is 11.7 Å². The second-order valence-electron chi connectivity index (χ2n) is 3.71. The monoisotopic (exact) mass is 250 g/mol. The summed E-state index contributed by atoms with van der Waals surface area (Å²) >= 11 is 0. The standard InChI is InChI=1S/C11H10F4O2/c1-6(2)10(16)8-5-7(3-4-9(8)12)17-11(13,14)15/h3-6H,1-2H3. The molecule has 0 radical (unpaired) electrons. The van der Waals surface area contributed by atoms with Crippen LogP contribution in [0.3, 0.4) is 0 Å². The van der Waals surface area contributed by atoms with Crippen molar-refractivity contribution >= 4 is 5.78 Å². The van der Waals surface area contributed by atoms with Gasteiger partial charge in [0.15, 0.2) is 5.78 Å². The van der Waals surface area contributed by atoms with E-state index in [9.17, 15) is 22.4 Å². The molecule has 0 bridgehead atoms. The van der Waals surface area contributed by atoms with Crippen LogP contribution in [0.1, 0.15) is 24.2 Å². The van der Waals surface area contributed by atoms with Gasteiger partial charge < -0.3 is 4.74 Å². The average Bonchev–Trinajstić information content (AvgIpc) is 2.17. The van der Waals surface area contributed by atoms with E-state index in [-0.39, 0.29) is 0 Å². The van der Waals surface area contributed by atoms with Gasteiger partial charge in [-0.3, -0.25) is 4.79 Å². The summed E-state index contributed by atoms with van der Waals surface area (Å²) in [6.07, 6.45) is -4.87. The summed E-state index contributed by atoms with van der Waals surface area (Å²) in [5, 5.41) is 0. The number of hydrogen-bond donors (Lipinski definition) is 0. The van der Waals surface area contributed by atoms with E-state index in [1.54, 1.807) is 0 Å². The van der Waals surface area contributed by atoms with Crippen molar-refractivity contribution in [1.29, 1.82) is 0 Å². The Labute approximate surface area is 95.2 Å². The molecule has 0 fully saturated rings. The Morgan fingerprint density at radius 3 is 2.35 bits per heavy atom. The first-order valence-electron chi connectivity index (χ1n) is 4.80. The average molecular weight is 250 g/mol. The lowest BCUT2D eigenvalue weighted by atomic mass is 10.0. The van der Waals surface area contributed by atoms with Crippen LogP contribution in [0.25, 0.3) is 0 Å². The maximum Gasteiger partial charge on any atom is 0.573 e. The SMILES string of the molecule is CC(C)C(=O)c1cc(OC(F)(F)F)ccc1F. The van der Waals surface area contributed by atoms with Crippen molar-refractivity contribution in [3.8, 4) is 5.75 Å². The zero-order valence-corrected chi connectivity index (χ0v) is 9.14. The highest BCUT2D eigenvalue weighted by Gasteiger charge is 2.31. The molecule has 0 N–H and O–H groups in total. The molecule has 94 valence electrons. The highest BCUT2D eigenvalue weighted by Crippen LogP contribution is 2.25. The normalized spacial score (nSPS) is 11.7. The Kier molecular flexibility index (Phi) is 3.75. The van der Waals surface area contributed by atoms with Crippen molar-refractivity contribution in [2.45, 2.75) is 20.2 Å². The maximum atomic E-state index is 13.3. The highest BCUT2D eigenvalue weighted by molar-refractivity contribution is 5.98. The fourth-order valence-corrected chi connectivity index (χ4v) is 1.20. The molecule has 17 heavy (non-hydrogen) atoms. The van der Waals surface area contributed by atoms with E-state index in [0.717, 1.165) is 18.2 Å². The maximum absolute atomic E-state index is 13.3. The lowest BCUT2D eigenvalue weighted by Gasteiger charge is -2.11. The Morgan fingerprint density at radius 2 is 1.88 bits per heavy atom. The quantitative estimate of drug-likeness (QED) is 0.605. The number of carbonyl (C=O) groups excluding carboxylic acids is 1. The Balaban J connectivity index is 3.07. The minimum atomic E-state index is -4.87. The van der Waals surface area contributed by atoms with Gasteiger partial charge in [0, 0.05) is 5.92 Å². The third-order valence-corrected chi connectivity index (χ3v) is 1.96. The van der Waals surface area contributed by atoms with E-state index in [1.165, 1.54) is 13.8 Å². The van der Waals surface area contributed by atoms with Gasteiger partial charge in [0.2, 0.25) is 0 Å². The largest absolute Gasteiger partial charge is 0.573 e. The molecule has 0 heterocycles. The Morgan fingerprint density at radius 1 is 1.29 bits per heavy atom. The molecule has 1 aromatic carbocycles. The summed E-state index contributed by atoms with van der Waals surface area (Å²) < 4.78 is 52.7.